The lowest BCUT2D eigenvalue weighted by Crippen LogP contribution is -2.45. The van der Waals surface area contributed by atoms with Gasteiger partial charge in [0.15, 0.2) is 9.84 Å². The molecule has 0 aliphatic carbocycles. The molecule has 0 amide bonds. The third kappa shape index (κ3) is 6.29. The summed E-state index contributed by atoms with van der Waals surface area (Å²) >= 11 is 0. The Hall–Kier alpha value is -2.93. The van der Waals surface area contributed by atoms with E-state index in [1.807, 2.05) is 4.90 Å². The summed E-state index contributed by atoms with van der Waals surface area (Å²) in [5.41, 5.74) is 1.61. The van der Waals surface area contributed by atoms with E-state index in [2.05, 4.69) is 5.32 Å². The normalized spacial score (nSPS) is 19.8. The van der Waals surface area contributed by atoms with E-state index in [-0.39, 0.29) is 22.9 Å². The first kappa shape index (κ1) is 23.7. The van der Waals surface area contributed by atoms with Crippen LogP contribution in [0.4, 0.5) is 11.4 Å². The lowest BCUT2D eigenvalue weighted by atomic mass is 10.1. The molecule has 0 bridgehead atoms. The van der Waals surface area contributed by atoms with Crippen molar-refractivity contribution in [1.82, 2.24) is 10.2 Å². The van der Waals surface area contributed by atoms with E-state index in [4.69, 9.17) is 0 Å². The van der Waals surface area contributed by atoms with Gasteiger partial charge in [-0.05, 0) is 11.1 Å². The summed E-state index contributed by atoms with van der Waals surface area (Å²) < 4.78 is 24.0. The first-order valence-electron chi connectivity index (χ1n) is 9.94. The molecule has 12 heteroatoms. The number of aliphatic hydroxyl groups excluding tert-OH is 1. The summed E-state index contributed by atoms with van der Waals surface area (Å²) in [4.78, 5) is 22.5. The molecule has 1 fully saturated rings. The van der Waals surface area contributed by atoms with Crippen molar-refractivity contribution in [2.45, 2.75) is 25.2 Å². The molecule has 0 saturated carbocycles. The van der Waals surface area contributed by atoms with Crippen LogP contribution in [0.3, 0.4) is 0 Å². The standard InChI is InChI=1S/C20H24N4O7S/c25-20-14-32(30,31)13-19(20)22(12-16-3-7-18(8-4-16)24(28)29)10-9-21-11-15-1-5-17(6-2-15)23(26)27/h1-8,19-21,25H,9-14H2/t19-,20-/m0/s1. The van der Waals surface area contributed by atoms with Crippen LogP contribution in [0.5, 0.6) is 0 Å². The monoisotopic (exact) mass is 464 g/mol. The highest BCUT2D eigenvalue weighted by atomic mass is 32.2. The fourth-order valence-corrected chi connectivity index (χ4v) is 5.50. The van der Waals surface area contributed by atoms with E-state index in [0.717, 1.165) is 11.1 Å². The number of hydrogen-bond acceptors (Lipinski definition) is 9. The molecule has 0 spiro atoms. The van der Waals surface area contributed by atoms with E-state index in [0.29, 0.717) is 26.2 Å². The summed E-state index contributed by atoms with van der Waals surface area (Å²) in [5, 5.41) is 35.1. The van der Waals surface area contributed by atoms with Crippen molar-refractivity contribution >= 4 is 21.2 Å². The fourth-order valence-electron chi connectivity index (χ4n) is 3.67. The van der Waals surface area contributed by atoms with Crippen molar-refractivity contribution in [3.05, 3.63) is 79.9 Å². The van der Waals surface area contributed by atoms with Gasteiger partial charge in [0.05, 0.1) is 33.5 Å². The number of sulfone groups is 1. The predicted molar refractivity (Wildman–Crippen MR) is 117 cm³/mol. The second-order valence-corrected chi connectivity index (χ2v) is 9.86. The van der Waals surface area contributed by atoms with Crippen molar-refractivity contribution < 1.29 is 23.4 Å². The SMILES string of the molecule is O=[N+]([O-])c1ccc(CNCCN(Cc2ccc([N+](=O)[O-])cc2)[C@H]2CS(=O)(=O)C[C@@H]2O)cc1. The maximum absolute atomic E-state index is 12.0. The molecule has 32 heavy (non-hydrogen) atoms. The smallest absolute Gasteiger partial charge is 0.269 e. The molecule has 2 aromatic carbocycles. The van der Waals surface area contributed by atoms with Crippen LogP contribution in [-0.2, 0) is 22.9 Å². The van der Waals surface area contributed by atoms with Gasteiger partial charge in [-0.2, -0.15) is 0 Å². The Kier molecular flexibility index (Phi) is 7.51. The molecule has 1 aliphatic rings. The summed E-state index contributed by atoms with van der Waals surface area (Å²) in [6.07, 6.45) is -1.01. The highest BCUT2D eigenvalue weighted by molar-refractivity contribution is 7.91. The first-order valence-corrected chi connectivity index (χ1v) is 11.8. The van der Waals surface area contributed by atoms with Crippen molar-refractivity contribution in [3.63, 3.8) is 0 Å². The van der Waals surface area contributed by atoms with Gasteiger partial charge in [-0.15, -0.1) is 0 Å². The number of rotatable bonds is 10. The number of non-ortho nitro benzene ring substituents is 2. The number of nitro groups is 2. The average molecular weight is 465 g/mol. The molecular weight excluding hydrogens is 440 g/mol. The zero-order valence-electron chi connectivity index (χ0n) is 17.2. The van der Waals surface area contributed by atoms with Gasteiger partial charge in [0.2, 0.25) is 0 Å². The Bertz CT molecular complexity index is 1060. The Morgan fingerprint density at radius 2 is 1.47 bits per heavy atom. The fraction of sp³-hybridized carbons (Fsp3) is 0.400. The average Bonchev–Trinajstić information content (AvgIpc) is 3.03. The highest BCUT2D eigenvalue weighted by Gasteiger charge is 2.39. The highest BCUT2D eigenvalue weighted by Crippen LogP contribution is 2.21. The molecule has 1 saturated heterocycles. The van der Waals surface area contributed by atoms with Crippen LogP contribution in [-0.4, -0.2) is 65.0 Å². The maximum Gasteiger partial charge on any atom is 0.269 e. The van der Waals surface area contributed by atoms with E-state index in [1.165, 1.54) is 24.3 Å². The second kappa shape index (κ2) is 10.1. The molecule has 3 rings (SSSR count). The Morgan fingerprint density at radius 1 is 0.938 bits per heavy atom. The number of nitro benzene ring substituents is 2. The number of aliphatic hydroxyl groups is 1. The maximum atomic E-state index is 12.0. The first-order chi connectivity index (χ1) is 15.1. The molecule has 2 atom stereocenters. The number of nitrogens with zero attached hydrogens (tertiary/aromatic N) is 3. The van der Waals surface area contributed by atoms with Crippen molar-refractivity contribution in [3.8, 4) is 0 Å². The minimum atomic E-state index is -3.34. The van der Waals surface area contributed by atoms with Crippen LogP contribution in [0.1, 0.15) is 11.1 Å². The number of benzene rings is 2. The van der Waals surface area contributed by atoms with Gasteiger partial charge < -0.3 is 10.4 Å². The largest absolute Gasteiger partial charge is 0.390 e. The van der Waals surface area contributed by atoms with Crippen LogP contribution in [0.2, 0.25) is 0 Å². The van der Waals surface area contributed by atoms with Gasteiger partial charge in [0.1, 0.15) is 0 Å². The van der Waals surface area contributed by atoms with E-state index in [9.17, 15) is 33.8 Å². The van der Waals surface area contributed by atoms with Crippen molar-refractivity contribution in [2.75, 3.05) is 24.6 Å². The number of hydrogen-bond donors (Lipinski definition) is 2. The van der Waals surface area contributed by atoms with Crippen LogP contribution in [0, 0.1) is 20.2 Å². The quantitative estimate of drug-likeness (QED) is 0.300. The zero-order chi connectivity index (χ0) is 23.3. The molecule has 0 radical (unpaired) electrons. The summed E-state index contributed by atoms with van der Waals surface area (Å²) in [6, 6.07) is 11.6. The summed E-state index contributed by atoms with van der Waals surface area (Å²) in [7, 11) is -3.34. The van der Waals surface area contributed by atoms with Crippen LogP contribution in [0.25, 0.3) is 0 Å². The van der Waals surface area contributed by atoms with Gasteiger partial charge in [0, 0.05) is 50.4 Å². The summed E-state index contributed by atoms with van der Waals surface area (Å²) in [5.74, 6) is -0.436. The van der Waals surface area contributed by atoms with E-state index in [1.54, 1.807) is 24.3 Å². The summed E-state index contributed by atoms with van der Waals surface area (Å²) in [6.45, 7) is 1.71. The molecule has 172 valence electrons. The lowest BCUT2D eigenvalue weighted by molar-refractivity contribution is -0.385. The molecule has 11 nitrogen and oxygen atoms in total. The molecule has 0 unspecified atom stereocenters. The third-order valence-corrected chi connectivity index (χ3v) is 7.05. The van der Waals surface area contributed by atoms with Gasteiger partial charge in [-0.1, -0.05) is 24.3 Å². The number of nitrogens with one attached hydrogen (secondary N) is 1. The van der Waals surface area contributed by atoms with E-state index < -0.39 is 31.8 Å². The third-order valence-electron chi connectivity index (χ3n) is 5.35. The molecular formula is C20H24N4O7S. The minimum Gasteiger partial charge on any atom is -0.390 e. The molecule has 2 N–H and O–H groups in total. The van der Waals surface area contributed by atoms with Crippen LogP contribution >= 0.6 is 0 Å². The van der Waals surface area contributed by atoms with Crippen LogP contribution in [0.15, 0.2) is 48.5 Å². The van der Waals surface area contributed by atoms with Crippen molar-refractivity contribution in [2.24, 2.45) is 0 Å². The lowest BCUT2D eigenvalue weighted by Gasteiger charge is -2.30. The van der Waals surface area contributed by atoms with Gasteiger partial charge >= 0.3 is 0 Å². The minimum absolute atomic E-state index is 0.0134. The Labute approximate surface area is 184 Å². The Morgan fingerprint density at radius 3 is 1.94 bits per heavy atom. The predicted octanol–water partition coefficient (Wildman–Crippen LogP) is 1.25. The second-order valence-electron chi connectivity index (χ2n) is 7.71. The molecule has 0 aromatic heterocycles. The van der Waals surface area contributed by atoms with E-state index >= 15 is 0 Å². The molecule has 1 aliphatic heterocycles. The zero-order valence-corrected chi connectivity index (χ0v) is 18.0. The molecule has 1 heterocycles. The van der Waals surface area contributed by atoms with Crippen molar-refractivity contribution in [1.29, 1.82) is 0 Å². The topological polar surface area (TPSA) is 156 Å². The molecule has 2 aromatic rings. The van der Waals surface area contributed by atoms with Crippen LogP contribution < -0.4 is 5.32 Å². The Balaban J connectivity index is 1.63. The van der Waals surface area contributed by atoms with Gasteiger partial charge in [0.25, 0.3) is 11.4 Å². The van der Waals surface area contributed by atoms with Gasteiger partial charge in [-0.3, -0.25) is 25.1 Å². The van der Waals surface area contributed by atoms with Gasteiger partial charge in [-0.25, -0.2) is 8.42 Å².